The van der Waals surface area contributed by atoms with Crippen LogP contribution in [0.3, 0.4) is 0 Å². The van der Waals surface area contributed by atoms with Crippen molar-refractivity contribution in [3.63, 3.8) is 0 Å². The summed E-state index contributed by atoms with van der Waals surface area (Å²) in [5, 5.41) is 7.54. The first-order valence-electron chi connectivity index (χ1n) is 14.8. The molecule has 0 spiro atoms. The summed E-state index contributed by atoms with van der Waals surface area (Å²) < 4.78 is 16.2. The van der Waals surface area contributed by atoms with Gasteiger partial charge in [-0.05, 0) is 55.3 Å². The SMILES string of the molecule is CCOC(=O)c1c(-c2ccc(C)cc2)csc1NC(=O)C(Sc1cccc(NC(=O)c2c(OC)cccc2OC)c1)c1ccccc1. The van der Waals surface area contributed by atoms with E-state index < -0.39 is 17.1 Å². The topological polar surface area (TPSA) is 103 Å². The monoisotopic (exact) mass is 666 g/mol. The molecule has 0 aliphatic rings. The Hall–Kier alpha value is -5.06. The maximum Gasteiger partial charge on any atom is 0.341 e. The molecule has 2 N–H and O–H groups in total. The highest BCUT2D eigenvalue weighted by molar-refractivity contribution is 8.00. The molecule has 1 aromatic heterocycles. The Kier molecular flexibility index (Phi) is 11.0. The zero-order valence-electron chi connectivity index (χ0n) is 26.4. The molecule has 0 radical (unpaired) electrons. The Morgan fingerprint density at radius 2 is 1.49 bits per heavy atom. The van der Waals surface area contributed by atoms with Crippen molar-refractivity contribution in [3.05, 3.63) is 125 Å². The van der Waals surface area contributed by atoms with E-state index >= 15 is 0 Å². The van der Waals surface area contributed by atoms with Crippen LogP contribution in [-0.2, 0) is 9.53 Å². The smallest absolute Gasteiger partial charge is 0.341 e. The molecule has 0 saturated carbocycles. The van der Waals surface area contributed by atoms with E-state index in [1.165, 1.54) is 37.3 Å². The number of rotatable bonds is 12. The number of carbonyl (C=O) groups excluding carboxylic acids is 3. The van der Waals surface area contributed by atoms with Gasteiger partial charge in [0.1, 0.15) is 32.9 Å². The van der Waals surface area contributed by atoms with Crippen molar-refractivity contribution in [2.75, 3.05) is 31.5 Å². The van der Waals surface area contributed by atoms with Gasteiger partial charge in [-0.2, -0.15) is 0 Å². The minimum Gasteiger partial charge on any atom is -0.496 e. The molecule has 4 aromatic carbocycles. The zero-order valence-corrected chi connectivity index (χ0v) is 28.0. The first-order chi connectivity index (χ1) is 22.8. The Balaban J connectivity index is 1.43. The number of anilines is 2. The Bertz CT molecular complexity index is 1850. The molecule has 5 rings (SSSR count). The number of carbonyl (C=O) groups is 3. The third-order valence-electron chi connectivity index (χ3n) is 7.21. The molecule has 1 heterocycles. The zero-order chi connectivity index (χ0) is 33.3. The quantitative estimate of drug-likeness (QED) is 0.102. The van der Waals surface area contributed by atoms with Gasteiger partial charge in [0.2, 0.25) is 5.91 Å². The summed E-state index contributed by atoms with van der Waals surface area (Å²) in [5.74, 6) is -0.438. The van der Waals surface area contributed by atoms with Gasteiger partial charge in [0, 0.05) is 21.5 Å². The summed E-state index contributed by atoms with van der Waals surface area (Å²) in [7, 11) is 2.99. The van der Waals surface area contributed by atoms with Crippen molar-refractivity contribution in [1.82, 2.24) is 0 Å². The van der Waals surface area contributed by atoms with E-state index in [0.29, 0.717) is 33.3 Å². The van der Waals surface area contributed by atoms with Crippen LogP contribution in [0.25, 0.3) is 11.1 Å². The lowest BCUT2D eigenvalue weighted by molar-refractivity contribution is -0.115. The fourth-order valence-electron chi connectivity index (χ4n) is 4.93. The van der Waals surface area contributed by atoms with Crippen LogP contribution in [0.1, 0.15) is 44.0 Å². The highest BCUT2D eigenvalue weighted by Crippen LogP contribution is 2.41. The lowest BCUT2D eigenvalue weighted by Crippen LogP contribution is -2.20. The van der Waals surface area contributed by atoms with Crippen molar-refractivity contribution in [3.8, 4) is 22.6 Å². The van der Waals surface area contributed by atoms with Gasteiger partial charge < -0.3 is 24.8 Å². The summed E-state index contributed by atoms with van der Waals surface area (Å²) in [6.07, 6.45) is 0. The average Bonchev–Trinajstić information content (AvgIpc) is 3.51. The van der Waals surface area contributed by atoms with Crippen LogP contribution in [-0.4, -0.2) is 38.6 Å². The molecular formula is C37H34N2O6S2. The molecule has 0 aliphatic heterocycles. The highest BCUT2D eigenvalue weighted by atomic mass is 32.2. The Morgan fingerprint density at radius 3 is 2.15 bits per heavy atom. The second-order valence-corrected chi connectivity index (χ2v) is 12.4. The van der Waals surface area contributed by atoms with Crippen molar-refractivity contribution < 1.29 is 28.6 Å². The molecule has 0 fully saturated rings. The fraction of sp³-hybridized carbons (Fsp3) is 0.162. The number of aryl methyl sites for hydroxylation is 1. The molecular weight excluding hydrogens is 633 g/mol. The molecule has 10 heteroatoms. The minimum atomic E-state index is -0.684. The minimum absolute atomic E-state index is 0.203. The number of thiophene rings is 1. The maximum absolute atomic E-state index is 14.1. The van der Waals surface area contributed by atoms with Crippen LogP contribution >= 0.6 is 23.1 Å². The van der Waals surface area contributed by atoms with Gasteiger partial charge in [-0.1, -0.05) is 72.3 Å². The average molecular weight is 667 g/mol. The largest absolute Gasteiger partial charge is 0.496 e. The maximum atomic E-state index is 14.1. The molecule has 47 heavy (non-hydrogen) atoms. The molecule has 0 saturated heterocycles. The number of esters is 1. The first-order valence-corrected chi connectivity index (χ1v) is 16.6. The van der Waals surface area contributed by atoms with Crippen LogP contribution in [0.2, 0.25) is 0 Å². The van der Waals surface area contributed by atoms with Crippen molar-refractivity contribution in [2.24, 2.45) is 0 Å². The van der Waals surface area contributed by atoms with Crippen LogP contribution in [0.5, 0.6) is 11.5 Å². The molecule has 1 unspecified atom stereocenters. The van der Waals surface area contributed by atoms with E-state index in [1.807, 2.05) is 79.0 Å². The predicted molar refractivity (Wildman–Crippen MR) is 188 cm³/mol. The molecule has 8 nitrogen and oxygen atoms in total. The first kappa shape index (κ1) is 33.3. The van der Waals surface area contributed by atoms with Gasteiger partial charge in [0.05, 0.1) is 20.8 Å². The molecule has 240 valence electrons. The van der Waals surface area contributed by atoms with Gasteiger partial charge in [0.15, 0.2) is 0 Å². The second-order valence-electron chi connectivity index (χ2n) is 10.4. The summed E-state index contributed by atoms with van der Waals surface area (Å²) in [6, 6.07) is 29.6. The number of nitrogens with one attached hydrogen (secondary N) is 2. The van der Waals surface area contributed by atoms with Crippen molar-refractivity contribution in [2.45, 2.75) is 24.0 Å². The normalized spacial score (nSPS) is 11.3. The summed E-state index contributed by atoms with van der Waals surface area (Å²) in [4.78, 5) is 41.3. The third kappa shape index (κ3) is 7.85. The van der Waals surface area contributed by atoms with Gasteiger partial charge in [0.25, 0.3) is 5.91 Å². The van der Waals surface area contributed by atoms with E-state index in [-0.39, 0.29) is 18.1 Å². The van der Waals surface area contributed by atoms with Gasteiger partial charge >= 0.3 is 5.97 Å². The predicted octanol–water partition coefficient (Wildman–Crippen LogP) is 8.64. The van der Waals surface area contributed by atoms with E-state index in [1.54, 1.807) is 37.3 Å². The molecule has 0 bridgehead atoms. The van der Waals surface area contributed by atoms with Crippen LogP contribution in [0.4, 0.5) is 10.7 Å². The highest BCUT2D eigenvalue weighted by Gasteiger charge is 2.28. The molecule has 2 amide bonds. The van der Waals surface area contributed by atoms with E-state index in [4.69, 9.17) is 14.2 Å². The molecule has 1 atom stereocenters. The lowest BCUT2D eigenvalue weighted by Gasteiger charge is -2.18. The van der Waals surface area contributed by atoms with Crippen LogP contribution in [0.15, 0.2) is 107 Å². The summed E-state index contributed by atoms with van der Waals surface area (Å²) in [5.41, 5.74) is 4.55. The number of benzene rings is 4. The van der Waals surface area contributed by atoms with Crippen LogP contribution < -0.4 is 20.1 Å². The standard InChI is InChI=1S/C37H34N2O6S2/c1-5-45-37(42)31-28(24-19-17-23(2)18-20-24)22-46-36(31)39-35(41)33(25-11-7-6-8-12-25)47-27-14-9-13-26(21-27)38-34(40)32-29(43-3)15-10-16-30(32)44-4/h6-22,33H,5H2,1-4H3,(H,38,40)(H,39,41). The van der Waals surface area contributed by atoms with Crippen molar-refractivity contribution >= 4 is 51.6 Å². The molecule has 5 aromatic rings. The van der Waals surface area contributed by atoms with E-state index in [0.717, 1.165) is 21.6 Å². The Labute approximate surface area is 282 Å². The van der Waals surface area contributed by atoms with Gasteiger partial charge in [-0.3, -0.25) is 9.59 Å². The summed E-state index contributed by atoms with van der Waals surface area (Å²) >= 11 is 2.61. The fourth-order valence-corrected chi connectivity index (χ4v) is 6.98. The number of methoxy groups -OCH3 is 2. The second kappa shape index (κ2) is 15.5. The number of hydrogen-bond acceptors (Lipinski definition) is 8. The van der Waals surface area contributed by atoms with Crippen LogP contribution in [0, 0.1) is 6.92 Å². The molecule has 0 aliphatic carbocycles. The van der Waals surface area contributed by atoms with E-state index in [9.17, 15) is 14.4 Å². The Morgan fingerprint density at radius 1 is 0.809 bits per heavy atom. The number of thioether (sulfide) groups is 1. The van der Waals surface area contributed by atoms with E-state index in [2.05, 4.69) is 10.6 Å². The van der Waals surface area contributed by atoms with Gasteiger partial charge in [-0.25, -0.2) is 4.79 Å². The summed E-state index contributed by atoms with van der Waals surface area (Å²) in [6.45, 7) is 3.95. The van der Waals surface area contributed by atoms with Gasteiger partial charge in [-0.15, -0.1) is 23.1 Å². The number of amides is 2. The number of hydrogen-bond donors (Lipinski definition) is 2. The lowest BCUT2D eigenvalue weighted by atomic mass is 10.0. The number of ether oxygens (including phenoxy) is 3. The third-order valence-corrected chi connectivity index (χ3v) is 9.35. The van der Waals surface area contributed by atoms with Crippen molar-refractivity contribution in [1.29, 1.82) is 0 Å².